The molecule has 1 saturated heterocycles. The number of carbonyl (C=O) groups excluding carboxylic acids is 4. The van der Waals surface area contributed by atoms with E-state index in [0.717, 1.165) is 65.4 Å². The van der Waals surface area contributed by atoms with E-state index >= 15 is 0 Å². The third-order valence-corrected chi connectivity index (χ3v) is 11.1. The quantitative estimate of drug-likeness (QED) is 0.0484. The Morgan fingerprint density at radius 3 is 1.71 bits per heavy atom. The predicted molar refractivity (Wildman–Crippen MR) is 218 cm³/mol. The van der Waals surface area contributed by atoms with Crippen molar-refractivity contribution < 1.29 is 43.3 Å². The van der Waals surface area contributed by atoms with Crippen molar-refractivity contribution in [2.45, 2.75) is 88.4 Å². The van der Waals surface area contributed by atoms with Crippen LogP contribution in [0.25, 0.3) is 0 Å². The zero-order valence-corrected chi connectivity index (χ0v) is 33.5. The molecule has 6 rings (SSSR count). The van der Waals surface area contributed by atoms with Gasteiger partial charge in [0.2, 0.25) is 5.91 Å². The first-order valence-corrected chi connectivity index (χ1v) is 20.3. The van der Waals surface area contributed by atoms with E-state index in [1.165, 1.54) is 0 Å². The van der Waals surface area contributed by atoms with Gasteiger partial charge in [-0.3, -0.25) is 24.0 Å². The van der Waals surface area contributed by atoms with Crippen LogP contribution in [0, 0.1) is 0 Å². The maximum Gasteiger partial charge on any atom is 0.285 e. The molecular formula is C47H54N2O9. The standard InChI is InChI=1S/C47H54N2O9/c1-55-40-26-22-35(23-27-40)47(34-15-7-5-8-16-34,36-24-28-41(56-2)29-25-36)57-33-37-31-39(51)32-48(37)44(52)21-11-4-3-9-17-38(50)18-10-6-14-30-58-49-45(53)42-19-12-13-20-43(42)46(49)54/h5,7-8,12-13,15-16,19-20,22-29,37,39,51H,3-4,6,9-11,14,17-18,21,30-33H2,1-2H3/t37-,39+/m0/s1. The zero-order valence-electron chi connectivity index (χ0n) is 33.5. The van der Waals surface area contributed by atoms with Crippen LogP contribution in [-0.2, 0) is 24.8 Å². The number of β-amino-alcohol motifs (C(OH)–C–C–N with tert-alkyl or cyclic N) is 1. The molecule has 0 radical (unpaired) electrons. The van der Waals surface area contributed by atoms with Crippen molar-refractivity contribution in [1.29, 1.82) is 0 Å². The van der Waals surface area contributed by atoms with Crippen LogP contribution in [0.3, 0.4) is 0 Å². The Balaban J connectivity index is 0.947. The molecule has 2 aliphatic rings. The maximum atomic E-state index is 13.6. The number of aliphatic hydroxyl groups is 1. The lowest BCUT2D eigenvalue weighted by Crippen LogP contribution is -2.42. The van der Waals surface area contributed by atoms with Crippen molar-refractivity contribution in [3.63, 3.8) is 0 Å². The van der Waals surface area contributed by atoms with Crippen LogP contribution in [0.4, 0.5) is 0 Å². The number of aliphatic hydroxyl groups excluding tert-OH is 1. The van der Waals surface area contributed by atoms with E-state index in [1.54, 1.807) is 43.4 Å². The number of carbonyl (C=O) groups is 4. The fraction of sp³-hybridized carbons (Fsp3) is 0.404. The molecule has 1 fully saturated rings. The molecule has 11 heteroatoms. The lowest BCUT2D eigenvalue weighted by atomic mass is 9.80. The van der Waals surface area contributed by atoms with Crippen molar-refractivity contribution >= 4 is 23.5 Å². The Morgan fingerprint density at radius 1 is 0.655 bits per heavy atom. The molecule has 0 unspecified atom stereocenters. The molecule has 58 heavy (non-hydrogen) atoms. The van der Waals surface area contributed by atoms with E-state index < -0.39 is 23.5 Å². The summed E-state index contributed by atoms with van der Waals surface area (Å²) in [5.74, 6) is 0.767. The van der Waals surface area contributed by atoms with Gasteiger partial charge in [0.15, 0.2) is 0 Å². The number of unbranched alkanes of at least 4 members (excludes halogenated alkanes) is 5. The molecule has 4 aromatic carbocycles. The molecule has 2 heterocycles. The monoisotopic (exact) mass is 790 g/mol. The lowest BCUT2D eigenvalue weighted by Gasteiger charge is -2.38. The van der Waals surface area contributed by atoms with E-state index in [9.17, 15) is 24.3 Å². The summed E-state index contributed by atoms with van der Waals surface area (Å²) in [4.78, 5) is 58.2. The maximum absolute atomic E-state index is 13.6. The first-order chi connectivity index (χ1) is 28.2. The number of methoxy groups -OCH3 is 2. The molecule has 4 aromatic rings. The second kappa shape index (κ2) is 20.4. The Labute approximate surface area is 340 Å². The van der Waals surface area contributed by atoms with Gasteiger partial charge in [-0.2, -0.15) is 0 Å². The first kappa shape index (κ1) is 42.3. The second-order valence-corrected chi connectivity index (χ2v) is 15.0. The SMILES string of the molecule is COc1ccc(C(OC[C@@H]2C[C@@H](O)CN2C(=O)CCCCCCC(=O)CCCCCON2C(=O)c3ccccc3C2=O)(c2ccccc2)c2ccc(OC)cc2)cc1. The number of amides is 3. The molecule has 0 saturated carbocycles. The van der Waals surface area contributed by atoms with Gasteiger partial charge < -0.3 is 24.2 Å². The van der Waals surface area contributed by atoms with Gasteiger partial charge in [0.05, 0.1) is 50.7 Å². The van der Waals surface area contributed by atoms with Crippen LogP contribution in [0.1, 0.15) is 108 Å². The lowest BCUT2D eigenvalue weighted by molar-refractivity contribution is -0.134. The van der Waals surface area contributed by atoms with Gasteiger partial charge in [-0.05, 0) is 85.2 Å². The number of hydrogen-bond acceptors (Lipinski definition) is 9. The minimum Gasteiger partial charge on any atom is -0.497 e. The molecule has 306 valence electrons. The molecule has 3 amide bonds. The molecule has 0 aliphatic carbocycles. The molecule has 0 aromatic heterocycles. The summed E-state index contributed by atoms with van der Waals surface area (Å²) in [5.41, 5.74) is 2.39. The Hall–Kier alpha value is -5.36. The zero-order chi connectivity index (χ0) is 40.9. The van der Waals surface area contributed by atoms with Crippen molar-refractivity contribution in [3.05, 3.63) is 131 Å². The van der Waals surface area contributed by atoms with E-state index in [2.05, 4.69) is 0 Å². The summed E-state index contributed by atoms with van der Waals surface area (Å²) < 4.78 is 18.0. The number of likely N-dealkylation sites (tertiary alicyclic amines) is 1. The van der Waals surface area contributed by atoms with Crippen LogP contribution in [0.15, 0.2) is 103 Å². The van der Waals surface area contributed by atoms with Crippen LogP contribution in [-0.4, -0.2) is 84.7 Å². The van der Waals surface area contributed by atoms with Crippen molar-refractivity contribution in [3.8, 4) is 11.5 Å². The van der Waals surface area contributed by atoms with Crippen molar-refractivity contribution in [2.75, 3.05) is 34.0 Å². The van der Waals surface area contributed by atoms with Crippen molar-refractivity contribution in [1.82, 2.24) is 9.96 Å². The normalized spacial score (nSPS) is 16.5. The van der Waals surface area contributed by atoms with E-state index in [-0.39, 0.29) is 37.5 Å². The number of hydroxylamine groups is 2. The minimum atomic E-state index is -1.03. The summed E-state index contributed by atoms with van der Waals surface area (Å²) in [7, 11) is 3.27. The van der Waals surface area contributed by atoms with Gasteiger partial charge >= 0.3 is 0 Å². The summed E-state index contributed by atoms with van der Waals surface area (Å²) >= 11 is 0. The number of rotatable bonds is 22. The number of Topliss-reactive ketones (excluding diaryl/α,β-unsaturated/α-hetero) is 1. The fourth-order valence-corrected chi connectivity index (χ4v) is 7.91. The Bertz CT molecular complexity index is 1900. The highest BCUT2D eigenvalue weighted by molar-refractivity contribution is 6.20. The van der Waals surface area contributed by atoms with E-state index in [4.69, 9.17) is 19.0 Å². The topological polar surface area (TPSA) is 132 Å². The highest BCUT2D eigenvalue weighted by Gasteiger charge is 2.41. The Morgan fingerprint density at radius 2 is 1.16 bits per heavy atom. The highest BCUT2D eigenvalue weighted by atomic mass is 16.7. The molecule has 2 atom stereocenters. The van der Waals surface area contributed by atoms with Gasteiger partial charge in [-0.15, -0.1) is 5.06 Å². The molecule has 1 N–H and O–H groups in total. The average Bonchev–Trinajstić information content (AvgIpc) is 3.76. The van der Waals surface area contributed by atoms with Crippen LogP contribution >= 0.6 is 0 Å². The molecule has 0 bridgehead atoms. The number of hydrogen-bond donors (Lipinski definition) is 1. The second-order valence-electron chi connectivity index (χ2n) is 15.0. The third kappa shape index (κ3) is 10.0. The molecule has 0 spiro atoms. The number of benzene rings is 4. The van der Waals surface area contributed by atoms with Crippen LogP contribution in [0.2, 0.25) is 0 Å². The first-order valence-electron chi connectivity index (χ1n) is 20.3. The van der Waals surface area contributed by atoms with Crippen molar-refractivity contribution in [2.24, 2.45) is 0 Å². The van der Waals surface area contributed by atoms with Gasteiger partial charge in [0, 0.05) is 25.8 Å². The van der Waals surface area contributed by atoms with Gasteiger partial charge in [0.25, 0.3) is 11.8 Å². The summed E-state index contributed by atoms with van der Waals surface area (Å²) in [5, 5.41) is 11.6. The van der Waals surface area contributed by atoms with Crippen LogP contribution in [0.5, 0.6) is 11.5 Å². The largest absolute Gasteiger partial charge is 0.497 e. The number of ether oxygens (including phenoxy) is 3. The predicted octanol–water partition coefficient (Wildman–Crippen LogP) is 7.67. The number of fused-ring (bicyclic) bond motifs is 1. The summed E-state index contributed by atoms with van der Waals surface area (Å²) in [6.07, 6.45) is 6.39. The third-order valence-electron chi connectivity index (χ3n) is 11.1. The van der Waals surface area contributed by atoms with Crippen LogP contribution < -0.4 is 9.47 Å². The highest BCUT2D eigenvalue weighted by Crippen LogP contribution is 2.42. The average molecular weight is 791 g/mol. The smallest absolute Gasteiger partial charge is 0.285 e. The molecule has 11 nitrogen and oxygen atoms in total. The molecule has 2 aliphatic heterocycles. The summed E-state index contributed by atoms with van der Waals surface area (Å²) in [6.45, 7) is 0.696. The Kier molecular flexibility index (Phi) is 14.8. The van der Waals surface area contributed by atoms with Gasteiger partial charge in [-0.25, -0.2) is 0 Å². The van der Waals surface area contributed by atoms with E-state index in [1.807, 2.05) is 78.9 Å². The number of imide groups is 1. The minimum absolute atomic E-state index is 0.00702. The van der Waals surface area contributed by atoms with Gasteiger partial charge in [0.1, 0.15) is 22.9 Å². The molecular weight excluding hydrogens is 737 g/mol. The number of nitrogens with zero attached hydrogens (tertiary/aromatic N) is 2. The summed E-state index contributed by atoms with van der Waals surface area (Å²) in [6, 6.07) is 32.0. The fourth-order valence-electron chi connectivity index (χ4n) is 7.91. The van der Waals surface area contributed by atoms with E-state index in [0.29, 0.717) is 49.7 Å². The number of ketones is 1. The van der Waals surface area contributed by atoms with Gasteiger partial charge in [-0.1, -0.05) is 86.0 Å².